The van der Waals surface area contributed by atoms with Gasteiger partial charge in [0, 0.05) is 24.7 Å². The minimum atomic E-state index is -0.488. The Labute approximate surface area is 142 Å². The number of methoxy groups -OCH3 is 1. The Balaban J connectivity index is 0.00000192. The normalized spacial score (nSPS) is 21.8. The maximum atomic E-state index is 13.7. The van der Waals surface area contributed by atoms with Gasteiger partial charge in [0.05, 0.1) is 7.11 Å². The molecule has 0 radical (unpaired) electrons. The summed E-state index contributed by atoms with van der Waals surface area (Å²) in [7, 11) is 1.42. The summed E-state index contributed by atoms with van der Waals surface area (Å²) in [5.74, 6) is 0.263. The van der Waals surface area contributed by atoms with Crippen LogP contribution < -0.4 is 10.1 Å². The number of nitrogens with one attached hydrogen (secondary N) is 1. The van der Waals surface area contributed by atoms with E-state index in [4.69, 9.17) is 4.74 Å². The van der Waals surface area contributed by atoms with E-state index < -0.39 is 5.82 Å². The van der Waals surface area contributed by atoms with Crippen molar-refractivity contribution in [2.75, 3.05) is 26.7 Å². The number of carbonyl (C=O) groups excluding carboxylic acids is 1. The quantitative estimate of drug-likeness (QED) is 0.918. The van der Waals surface area contributed by atoms with E-state index >= 15 is 0 Å². The Bertz CT molecular complexity index is 541. The number of ether oxygens (including phenoxy) is 1. The van der Waals surface area contributed by atoms with E-state index in [1.165, 1.54) is 32.1 Å². The standard InChI is InChI=1S/C17H23FN2O2.ClH/c1-22-16-5-4-13(11-14(16)18)17(21)20-9-6-12(7-10-20)15-3-2-8-19-15;/h4-5,11-12,15,19H,2-3,6-10H2,1H3;1H. The molecular formula is C17H24ClFN2O2. The van der Waals surface area contributed by atoms with E-state index in [0.29, 0.717) is 17.5 Å². The highest BCUT2D eigenvalue weighted by Gasteiger charge is 2.30. The van der Waals surface area contributed by atoms with Gasteiger partial charge in [-0.25, -0.2) is 4.39 Å². The van der Waals surface area contributed by atoms with E-state index in [-0.39, 0.29) is 24.1 Å². The molecule has 0 bridgehead atoms. The van der Waals surface area contributed by atoms with Gasteiger partial charge < -0.3 is 15.0 Å². The summed E-state index contributed by atoms with van der Waals surface area (Å²) in [6, 6.07) is 5.04. The van der Waals surface area contributed by atoms with Crippen LogP contribution in [0, 0.1) is 11.7 Å². The van der Waals surface area contributed by atoms with Crippen LogP contribution in [0.4, 0.5) is 4.39 Å². The molecule has 128 valence electrons. The summed E-state index contributed by atoms with van der Waals surface area (Å²) < 4.78 is 18.6. The highest BCUT2D eigenvalue weighted by atomic mass is 35.5. The number of rotatable bonds is 3. The molecule has 0 aliphatic carbocycles. The van der Waals surface area contributed by atoms with Crippen molar-refractivity contribution in [1.29, 1.82) is 0 Å². The smallest absolute Gasteiger partial charge is 0.253 e. The van der Waals surface area contributed by atoms with Crippen molar-refractivity contribution in [2.24, 2.45) is 5.92 Å². The Kier molecular flexibility index (Phi) is 6.25. The summed E-state index contributed by atoms with van der Waals surface area (Å²) >= 11 is 0. The molecule has 2 aliphatic rings. The van der Waals surface area contributed by atoms with Gasteiger partial charge in [-0.1, -0.05) is 0 Å². The van der Waals surface area contributed by atoms with Crippen LogP contribution >= 0.6 is 12.4 Å². The first-order valence-corrected chi connectivity index (χ1v) is 8.05. The Morgan fingerprint density at radius 3 is 2.61 bits per heavy atom. The van der Waals surface area contributed by atoms with Crippen molar-refractivity contribution < 1.29 is 13.9 Å². The van der Waals surface area contributed by atoms with Gasteiger partial charge in [0.1, 0.15) is 0 Å². The second kappa shape index (κ2) is 7.97. The van der Waals surface area contributed by atoms with Crippen molar-refractivity contribution in [3.63, 3.8) is 0 Å². The molecule has 2 fully saturated rings. The van der Waals surface area contributed by atoms with Crippen molar-refractivity contribution in [3.8, 4) is 5.75 Å². The maximum Gasteiger partial charge on any atom is 0.253 e. The number of nitrogens with zero attached hydrogens (tertiary/aromatic N) is 1. The van der Waals surface area contributed by atoms with Crippen molar-refractivity contribution in [2.45, 2.75) is 31.7 Å². The third-order valence-electron chi connectivity index (χ3n) is 4.89. The summed E-state index contributed by atoms with van der Waals surface area (Å²) in [5, 5.41) is 3.56. The van der Waals surface area contributed by atoms with Crippen LogP contribution in [0.1, 0.15) is 36.0 Å². The van der Waals surface area contributed by atoms with Crippen molar-refractivity contribution in [3.05, 3.63) is 29.6 Å². The lowest BCUT2D eigenvalue weighted by Gasteiger charge is -2.35. The maximum absolute atomic E-state index is 13.7. The SMILES string of the molecule is COc1ccc(C(=O)N2CCC(C3CCCN3)CC2)cc1F.Cl. The second-order valence-electron chi connectivity index (χ2n) is 6.18. The zero-order chi connectivity index (χ0) is 15.5. The molecule has 0 spiro atoms. The highest BCUT2D eigenvalue weighted by molar-refractivity contribution is 5.94. The fraction of sp³-hybridized carbons (Fsp3) is 0.588. The molecule has 1 amide bonds. The molecule has 1 unspecified atom stereocenters. The third kappa shape index (κ3) is 3.96. The number of carbonyl (C=O) groups is 1. The van der Waals surface area contributed by atoms with Gasteiger partial charge >= 0.3 is 0 Å². The van der Waals surface area contributed by atoms with Crippen LogP contribution in [-0.4, -0.2) is 43.6 Å². The predicted octanol–water partition coefficient (Wildman–Crippen LogP) is 2.86. The fourth-order valence-corrected chi connectivity index (χ4v) is 3.60. The van der Waals surface area contributed by atoms with Crippen LogP contribution in [-0.2, 0) is 0 Å². The van der Waals surface area contributed by atoms with E-state index in [1.807, 2.05) is 4.90 Å². The molecule has 2 saturated heterocycles. The van der Waals surface area contributed by atoms with E-state index in [1.54, 1.807) is 6.07 Å². The lowest BCUT2D eigenvalue weighted by molar-refractivity contribution is 0.0674. The van der Waals surface area contributed by atoms with E-state index in [0.717, 1.165) is 32.5 Å². The zero-order valence-electron chi connectivity index (χ0n) is 13.4. The average molecular weight is 343 g/mol. The Morgan fingerprint density at radius 2 is 2.04 bits per heavy atom. The largest absolute Gasteiger partial charge is 0.494 e. The lowest BCUT2D eigenvalue weighted by atomic mass is 9.88. The summed E-state index contributed by atoms with van der Waals surface area (Å²) in [6.45, 7) is 2.64. The predicted molar refractivity (Wildman–Crippen MR) is 89.9 cm³/mol. The molecule has 1 aromatic carbocycles. The summed E-state index contributed by atoms with van der Waals surface area (Å²) in [4.78, 5) is 14.3. The van der Waals surface area contributed by atoms with Crippen LogP contribution in [0.5, 0.6) is 5.75 Å². The number of likely N-dealkylation sites (tertiary alicyclic amines) is 1. The zero-order valence-corrected chi connectivity index (χ0v) is 14.2. The summed E-state index contributed by atoms with van der Waals surface area (Å²) in [6.07, 6.45) is 4.57. The van der Waals surface area contributed by atoms with Crippen LogP contribution in [0.15, 0.2) is 18.2 Å². The number of hydrogen-bond donors (Lipinski definition) is 1. The molecule has 23 heavy (non-hydrogen) atoms. The molecule has 2 heterocycles. The first-order valence-electron chi connectivity index (χ1n) is 8.05. The van der Waals surface area contributed by atoms with Crippen LogP contribution in [0.25, 0.3) is 0 Å². The van der Waals surface area contributed by atoms with E-state index in [9.17, 15) is 9.18 Å². The van der Waals surface area contributed by atoms with Gasteiger partial charge in [-0.3, -0.25) is 4.79 Å². The molecule has 1 N–H and O–H groups in total. The van der Waals surface area contributed by atoms with E-state index in [2.05, 4.69) is 5.32 Å². The lowest BCUT2D eigenvalue weighted by Crippen LogP contribution is -2.43. The second-order valence-corrected chi connectivity index (χ2v) is 6.18. The van der Waals surface area contributed by atoms with Gasteiger partial charge in [0.15, 0.2) is 11.6 Å². The van der Waals surface area contributed by atoms with Gasteiger partial charge in [-0.2, -0.15) is 0 Å². The number of hydrogen-bond acceptors (Lipinski definition) is 3. The van der Waals surface area contributed by atoms with Gasteiger partial charge in [0.2, 0.25) is 0 Å². The van der Waals surface area contributed by atoms with Crippen LogP contribution in [0.2, 0.25) is 0 Å². The Morgan fingerprint density at radius 1 is 1.30 bits per heavy atom. The molecule has 6 heteroatoms. The van der Waals surface area contributed by atoms with Gasteiger partial charge in [-0.05, 0) is 56.3 Å². The molecule has 3 rings (SSSR count). The highest BCUT2D eigenvalue weighted by Crippen LogP contribution is 2.27. The number of benzene rings is 1. The average Bonchev–Trinajstić information content (AvgIpc) is 3.09. The van der Waals surface area contributed by atoms with Crippen molar-refractivity contribution >= 4 is 18.3 Å². The fourth-order valence-electron chi connectivity index (χ4n) is 3.60. The summed E-state index contributed by atoms with van der Waals surface area (Å²) in [5.41, 5.74) is 0.399. The molecule has 0 aromatic heterocycles. The van der Waals surface area contributed by atoms with Crippen LogP contribution in [0.3, 0.4) is 0 Å². The first kappa shape index (κ1) is 18.0. The molecular weight excluding hydrogens is 319 g/mol. The van der Waals surface area contributed by atoms with Gasteiger partial charge in [0.25, 0.3) is 5.91 Å². The minimum Gasteiger partial charge on any atom is -0.494 e. The molecule has 1 aromatic rings. The third-order valence-corrected chi connectivity index (χ3v) is 4.89. The number of piperidine rings is 1. The topological polar surface area (TPSA) is 41.6 Å². The van der Waals surface area contributed by atoms with Gasteiger partial charge in [-0.15, -0.1) is 12.4 Å². The monoisotopic (exact) mass is 342 g/mol. The number of amides is 1. The minimum absolute atomic E-state index is 0. The molecule has 4 nitrogen and oxygen atoms in total. The molecule has 0 saturated carbocycles. The molecule has 2 aliphatic heterocycles. The van der Waals surface area contributed by atoms with Crippen molar-refractivity contribution in [1.82, 2.24) is 10.2 Å². The number of halogens is 2. The first-order chi connectivity index (χ1) is 10.7. The molecule has 1 atom stereocenters. The Hall–Kier alpha value is -1.33.